The van der Waals surface area contributed by atoms with E-state index in [-0.39, 0.29) is 0 Å². The average molecular weight is 754 g/mol. The summed E-state index contributed by atoms with van der Waals surface area (Å²) in [6.07, 6.45) is 20.1. The molecule has 0 saturated carbocycles. The molecule has 0 aromatic rings. The fraction of sp³-hybridized carbons (Fsp3) is 0.909. The van der Waals surface area contributed by atoms with Gasteiger partial charge in [-0.2, -0.15) is 0 Å². The van der Waals surface area contributed by atoms with Gasteiger partial charge in [0.1, 0.15) is 0 Å². The fourth-order valence-electron chi connectivity index (χ4n) is 2.82. The second kappa shape index (κ2) is 33.8. The number of carboxylic acids is 2. The van der Waals surface area contributed by atoms with Gasteiger partial charge in [-0.05, 0) is 12.8 Å². The summed E-state index contributed by atoms with van der Waals surface area (Å²) in [5.74, 6) is -1.32. The Hall–Kier alpha value is 1.19. The predicted molar refractivity (Wildman–Crippen MR) is 144 cm³/mol. The van der Waals surface area contributed by atoms with Crippen molar-refractivity contribution in [2.45, 2.75) is 129 Å². The second-order valence-electron chi connectivity index (χ2n) is 7.30. The van der Waals surface area contributed by atoms with Crippen LogP contribution in [-0.4, -0.2) is 35.2 Å². The zero-order valence-corrected chi connectivity index (χ0v) is 25.2. The molecule has 2 N–H and O–H groups in total. The number of carboxylic acid groups (broad SMARTS) is 2. The normalized spacial score (nSPS) is 9.79. The van der Waals surface area contributed by atoms with Gasteiger partial charge in [-0.15, -0.1) is 0 Å². The molecule has 0 bridgehead atoms. The summed E-state index contributed by atoms with van der Waals surface area (Å²) in [6.45, 7) is 4.43. The Labute approximate surface area is 209 Å². The molecule has 0 rings (SSSR count). The first-order valence-corrected chi connectivity index (χ1v) is 24.9. The number of halogens is 2. The van der Waals surface area contributed by atoms with Gasteiger partial charge in [0.05, 0.1) is 0 Å². The van der Waals surface area contributed by atoms with Crippen LogP contribution in [0.3, 0.4) is 0 Å². The first-order chi connectivity index (χ1) is 14.0. The third kappa shape index (κ3) is 48.1. The van der Waals surface area contributed by atoms with Crippen molar-refractivity contribution in [2.24, 2.45) is 0 Å². The van der Waals surface area contributed by atoms with Gasteiger partial charge < -0.3 is 10.2 Å². The molecule has 176 valence electrons. The molecule has 0 aromatic heterocycles. The molecule has 0 unspecified atom stereocenters. The molecule has 0 radical (unpaired) electrons. The number of hydrogen-bond donors (Lipinski definition) is 2. The van der Waals surface area contributed by atoms with E-state index >= 15 is 0 Å². The monoisotopic (exact) mass is 756 g/mol. The Morgan fingerprint density at radius 1 is 0.552 bits per heavy atom. The van der Waals surface area contributed by atoms with Crippen LogP contribution in [0, 0.1) is 0 Å². The van der Waals surface area contributed by atoms with Crippen LogP contribution in [-0.2, 0) is 9.59 Å². The van der Waals surface area contributed by atoms with Crippen molar-refractivity contribution in [2.75, 3.05) is 0 Å². The molecule has 0 heterocycles. The molecule has 29 heavy (non-hydrogen) atoms. The van der Waals surface area contributed by atoms with Crippen LogP contribution in [0.15, 0.2) is 0 Å². The van der Waals surface area contributed by atoms with Crippen LogP contribution in [0.4, 0.5) is 0 Å². The molecule has 0 atom stereocenters. The Morgan fingerprint density at radius 2 is 0.759 bits per heavy atom. The van der Waals surface area contributed by atoms with Crippen LogP contribution in [0.5, 0.6) is 0 Å². The van der Waals surface area contributed by atoms with Gasteiger partial charge in [0.25, 0.3) is 0 Å². The van der Waals surface area contributed by atoms with E-state index in [1.165, 1.54) is 77.0 Å². The van der Waals surface area contributed by atoms with Gasteiger partial charge >= 0.3 is 62.4 Å². The molecule has 4 nitrogen and oxygen atoms in total. The van der Waals surface area contributed by atoms with E-state index in [4.69, 9.17) is 10.2 Å². The third-order valence-corrected chi connectivity index (χ3v) is 4.49. The zero-order chi connectivity index (χ0) is 22.6. The Kier molecular flexibility index (Phi) is 40.6. The van der Waals surface area contributed by atoms with E-state index < -0.39 is 11.9 Å². The van der Waals surface area contributed by atoms with E-state index in [2.05, 4.69) is 51.2 Å². The summed E-state index contributed by atoms with van der Waals surface area (Å²) in [5, 5.41) is 16.8. The first-order valence-electron chi connectivity index (χ1n) is 11.3. The topological polar surface area (TPSA) is 74.6 Å². The Morgan fingerprint density at radius 3 is 0.966 bits per heavy atom. The number of unbranched alkanes of at least 4 members (excludes halogenated alkanes) is 14. The van der Waals surface area contributed by atoms with Crippen molar-refractivity contribution in [1.82, 2.24) is 0 Å². The second-order valence-corrected chi connectivity index (χ2v) is 24.8. The molecule has 0 saturated heterocycles. The molecule has 7 heteroatoms. The molecule has 0 aliphatic rings. The van der Waals surface area contributed by atoms with E-state index in [0.717, 1.165) is 25.7 Å². The Bertz CT molecular complexity index is 302. The van der Waals surface area contributed by atoms with Crippen LogP contribution in [0.1, 0.15) is 129 Å². The van der Waals surface area contributed by atoms with Crippen LogP contribution >= 0.6 is 37.4 Å². The van der Waals surface area contributed by atoms with Gasteiger partial charge in [0, 0.05) is 12.8 Å². The summed E-state index contributed by atoms with van der Waals surface area (Å²) < 4.78 is 0. The predicted octanol–water partition coefficient (Wildman–Crippen LogP) is 8.59. The van der Waals surface area contributed by atoms with E-state index in [1.807, 2.05) is 0 Å². The summed E-state index contributed by atoms with van der Waals surface area (Å²) >= 11 is 5.22. The summed E-state index contributed by atoms with van der Waals surface area (Å²) in [4.78, 5) is 20.3. The van der Waals surface area contributed by atoms with Crippen molar-refractivity contribution in [3.05, 3.63) is 0 Å². The third-order valence-electron chi connectivity index (χ3n) is 4.49. The van der Waals surface area contributed by atoms with Crippen LogP contribution in [0.25, 0.3) is 0 Å². The molecule has 0 aliphatic heterocycles. The van der Waals surface area contributed by atoms with E-state index in [9.17, 15) is 9.59 Å². The summed E-state index contributed by atoms with van der Waals surface area (Å²) in [5.41, 5.74) is 0. The molecular weight excluding hydrogens is 710 g/mol. The van der Waals surface area contributed by atoms with E-state index in [0.29, 0.717) is 25.9 Å². The summed E-state index contributed by atoms with van der Waals surface area (Å²) in [7, 11) is 0. The van der Waals surface area contributed by atoms with Gasteiger partial charge in [-0.3, -0.25) is 9.59 Å². The molecule has 0 spiro atoms. The first kappa shape index (κ1) is 34.8. The maximum atomic E-state index is 10.2. The van der Waals surface area contributed by atoms with Crippen molar-refractivity contribution in [1.29, 1.82) is 0 Å². The molecule has 0 amide bonds. The van der Waals surface area contributed by atoms with Gasteiger partial charge in [0.2, 0.25) is 0 Å². The molecular formula is C22H44I2O4Te. The van der Waals surface area contributed by atoms with E-state index in [1.54, 1.807) is 0 Å². The molecule has 0 aliphatic carbocycles. The van der Waals surface area contributed by atoms with Crippen molar-refractivity contribution < 1.29 is 19.8 Å². The van der Waals surface area contributed by atoms with Crippen molar-refractivity contribution in [3.63, 3.8) is 0 Å². The maximum absolute atomic E-state index is 10.2. The van der Waals surface area contributed by atoms with Crippen LogP contribution < -0.4 is 0 Å². The van der Waals surface area contributed by atoms with Crippen molar-refractivity contribution >= 4 is 62.4 Å². The standard InChI is InChI=1S/2C11H22O2.I2Te/c2*1-2-3-4-5-6-7-8-9-10-11(12)13;1-3-2/h2*2-10H2,1H3,(H,12,13);. The Balaban J connectivity index is -0.000000410. The number of carbonyl (C=O) groups is 2. The fourth-order valence-corrected chi connectivity index (χ4v) is 2.82. The number of rotatable bonds is 18. The number of aliphatic carboxylic acids is 2. The van der Waals surface area contributed by atoms with Crippen LogP contribution in [0.2, 0.25) is 0 Å². The van der Waals surface area contributed by atoms with Gasteiger partial charge in [0.15, 0.2) is 0 Å². The quantitative estimate of drug-likeness (QED) is 0.0836. The van der Waals surface area contributed by atoms with Gasteiger partial charge in [-0.25, -0.2) is 0 Å². The van der Waals surface area contributed by atoms with Crippen molar-refractivity contribution in [3.8, 4) is 0 Å². The molecule has 0 aromatic carbocycles. The minimum absolute atomic E-state index is 0.342. The minimum atomic E-state index is -0.661. The molecule has 0 fully saturated rings. The number of hydrogen-bond acceptors (Lipinski definition) is 2. The average Bonchev–Trinajstić information content (AvgIpc) is 2.67. The SMILES string of the molecule is CCCCCCCCCCC(=O)O.CCCCCCCCCCC(=O)O.I[Te]I. The zero-order valence-electron chi connectivity index (χ0n) is 18.6. The van der Waals surface area contributed by atoms with Gasteiger partial charge in [-0.1, -0.05) is 104 Å². The summed E-state index contributed by atoms with van der Waals surface area (Å²) in [6, 6.07) is 0.